The van der Waals surface area contributed by atoms with Crippen LogP contribution in [0.3, 0.4) is 0 Å². The van der Waals surface area contributed by atoms with Gasteiger partial charge in [-0.05, 0) is 25.5 Å². The number of benzene rings is 1. The van der Waals surface area contributed by atoms with Crippen LogP contribution in [-0.2, 0) is 0 Å². The van der Waals surface area contributed by atoms with Crippen LogP contribution < -0.4 is 4.74 Å². The van der Waals surface area contributed by atoms with E-state index in [4.69, 9.17) is 16.3 Å². The number of hydrogen-bond donors (Lipinski definition) is 0. The summed E-state index contributed by atoms with van der Waals surface area (Å²) >= 11 is 5.86. The van der Waals surface area contributed by atoms with Crippen molar-refractivity contribution in [1.82, 2.24) is 9.97 Å². The Morgan fingerprint density at radius 1 is 1.12 bits per heavy atom. The van der Waals surface area contributed by atoms with Crippen molar-refractivity contribution >= 4 is 11.6 Å². The van der Waals surface area contributed by atoms with E-state index in [1.807, 2.05) is 32.0 Å². The summed E-state index contributed by atoms with van der Waals surface area (Å²) in [5, 5.41) is 0.266. The van der Waals surface area contributed by atoms with E-state index in [-0.39, 0.29) is 5.15 Å². The fourth-order valence-electron chi connectivity index (χ4n) is 1.39. The highest BCUT2D eigenvalue weighted by Gasteiger charge is 2.06. The van der Waals surface area contributed by atoms with E-state index < -0.39 is 0 Å². The molecule has 0 saturated heterocycles. The number of aromatic nitrogens is 2. The fourth-order valence-corrected chi connectivity index (χ4v) is 1.54. The molecule has 0 atom stereocenters. The largest absolute Gasteiger partial charge is 0.436 e. The van der Waals surface area contributed by atoms with Crippen molar-refractivity contribution in [3.8, 4) is 11.6 Å². The van der Waals surface area contributed by atoms with Crippen molar-refractivity contribution in [3.63, 3.8) is 0 Å². The zero-order chi connectivity index (χ0) is 11.5. The van der Waals surface area contributed by atoms with Gasteiger partial charge in [0.25, 0.3) is 5.88 Å². The van der Waals surface area contributed by atoms with Gasteiger partial charge >= 0.3 is 0 Å². The Morgan fingerprint density at radius 3 is 2.56 bits per heavy atom. The van der Waals surface area contributed by atoms with Crippen LogP contribution in [0.2, 0.25) is 5.15 Å². The van der Waals surface area contributed by atoms with E-state index in [1.54, 1.807) is 6.20 Å². The summed E-state index contributed by atoms with van der Waals surface area (Å²) in [6, 6.07) is 5.92. The van der Waals surface area contributed by atoms with Gasteiger partial charge in [-0.1, -0.05) is 29.3 Å². The third-order valence-electron chi connectivity index (χ3n) is 2.16. The number of rotatable bonds is 2. The number of aryl methyl sites for hydroxylation is 2. The summed E-state index contributed by atoms with van der Waals surface area (Å²) in [7, 11) is 0. The third-order valence-corrected chi connectivity index (χ3v) is 2.42. The molecule has 0 spiro atoms. The van der Waals surface area contributed by atoms with Crippen molar-refractivity contribution in [1.29, 1.82) is 0 Å². The van der Waals surface area contributed by atoms with Gasteiger partial charge in [0.05, 0.1) is 0 Å². The molecule has 1 aromatic heterocycles. The van der Waals surface area contributed by atoms with Crippen LogP contribution in [0.4, 0.5) is 0 Å². The lowest BCUT2D eigenvalue weighted by Gasteiger charge is -2.08. The Balaban J connectivity index is 2.31. The van der Waals surface area contributed by atoms with Gasteiger partial charge in [-0.15, -0.1) is 0 Å². The second-order valence-corrected chi connectivity index (χ2v) is 3.88. The predicted octanol–water partition coefficient (Wildman–Crippen LogP) is 3.54. The van der Waals surface area contributed by atoms with Gasteiger partial charge in [0.2, 0.25) is 0 Å². The summed E-state index contributed by atoms with van der Waals surface area (Å²) in [5.41, 5.74) is 2.23. The SMILES string of the molecule is Cc1ccc(Oc2nccnc2Cl)c(C)c1. The molecule has 2 aromatic rings. The molecule has 3 nitrogen and oxygen atoms in total. The topological polar surface area (TPSA) is 35.0 Å². The molecule has 0 unspecified atom stereocenters. The molecule has 0 radical (unpaired) electrons. The van der Waals surface area contributed by atoms with E-state index in [0.717, 1.165) is 11.3 Å². The van der Waals surface area contributed by atoms with Gasteiger partial charge in [-0.3, -0.25) is 0 Å². The van der Waals surface area contributed by atoms with Gasteiger partial charge in [0, 0.05) is 12.4 Å². The highest BCUT2D eigenvalue weighted by Crippen LogP contribution is 2.27. The van der Waals surface area contributed by atoms with E-state index in [2.05, 4.69) is 9.97 Å². The normalized spacial score (nSPS) is 10.2. The van der Waals surface area contributed by atoms with E-state index >= 15 is 0 Å². The number of halogens is 1. The van der Waals surface area contributed by atoms with Crippen LogP contribution >= 0.6 is 11.6 Å². The maximum absolute atomic E-state index is 5.86. The molecule has 1 aromatic carbocycles. The lowest BCUT2D eigenvalue weighted by molar-refractivity contribution is 0.457. The second-order valence-electron chi connectivity index (χ2n) is 3.52. The molecule has 0 amide bonds. The van der Waals surface area contributed by atoms with E-state index in [1.165, 1.54) is 11.8 Å². The molecule has 0 fully saturated rings. The first-order valence-corrected chi connectivity index (χ1v) is 5.26. The molecule has 1 heterocycles. The summed E-state index contributed by atoms with van der Waals surface area (Å²) in [4.78, 5) is 7.92. The first-order chi connectivity index (χ1) is 7.66. The molecule has 0 aliphatic heterocycles. The van der Waals surface area contributed by atoms with E-state index in [9.17, 15) is 0 Å². The molecule has 16 heavy (non-hydrogen) atoms. The molecule has 0 saturated carbocycles. The van der Waals surface area contributed by atoms with Crippen LogP contribution in [0.1, 0.15) is 11.1 Å². The molecule has 0 aliphatic rings. The Morgan fingerprint density at radius 2 is 1.88 bits per heavy atom. The Labute approximate surface area is 99.1 Å². The van der Waals surface area contributed by atoms with Crippen LogP contribution in [0.5, 0.6) is 11.6 Å². The standard InChI is InChI=1S/C12H11ClN2O/c1-8-3-4-10(9(2)7-8)16-12-11(13)14-5-6-15-12/h3-7H,1-2H3. The highest BCUT2D eigenvalue weighted by molar-refractivity contribution is 6.30. The summed E-state index contributed by atoms with van der Waals surface area (Å²) in [6.07, 6.45) is 3.07. The van der Waals surface area contributed by atoms with Crippen LogP contribution in [0, 0.1) is 13.8 Å². The monoisotopic (exact) mass is 234 g/mol. The molecule has 4 heteroatoms. The molecule has 2 rings (SSSR count). The smallest absolute Gasteiger partial charge is 0.257 e. The summed E-state index contributed by atoms with van der Waals surface area (Å²) in [6.45, 7) is 4.01. The maximum atomic E-state index is 5.86. The zero-order valence-electron chi connectivity index (χ0n) is 9.07. The molecule has 0 aliphatic carbocycles. The fraction of sp³-hybridized carbons (Fsp3) is 0.167. The Hall–Kier alpha value is -1.61. The Bertz CT molecular complexity index is 514. The molecular formula is C12H11ClN2O. The van der Waals surface area contributed by atoms with Crippen molar-refractivity contribution in [2.75, 3.05) is 0 Å². The first-order valence-electron chi connectivity index (χ1n) is 4.88. The van der Waals surface area contributed by atoms with Crippen molar-refractivity contribution in [3.05, 3.63) is 46.9 Å². The summed E-state index contributed by atoms with van der Waals surface area (Å²) < 4.78 is 5.59. The van der Waals surface area contributed by atoms with Crippen LogP contribution in [0.25, 0.3) is 0 Å². The number of nitrogens with zero attached hydrogens (tertiary/aromatic N) is 2. The highest BCUT2D eigenvalue weighted by atomic mass is 35.5. The minimum Gasteiger partial charge on any atom is -0.436 e. The summed E-state index contributed by atoms with van der Waals surface area (Å²) in [5.74, 6) is 1.07. The molecule has 0 bridgehead atoms. The Kier molecular flexibility index (Phi) is 3.06. The third kappa shape index (κ3) is 2.31. The van der Waals surface area contributed by atoms with Gasteiger partial charge in [-0.25, -0.2) is 9.97 Å². The minimum absolute atomic E-state index is 0.266. The van der Waals surface area contributed by atoms with E-state index in [0.29, 0.717) is 5.88 Å². The second kappa shape index (κ2) is 4.49. The predicted molar refractivity (Wildman–Crippen MR) is 63.0 cm³/mol. The minimum atomic E-state index is 0.266. The van der Waals surface area contributed by atoms with Gasteiger partial charge < -0.3 is 4.74 Å². The van der Waals surface area contributed by atoms with Crippen LogP contribution in [-0.4, -0.2) is 9.97 Å². The average molecular weight is 235 g/mol. The van der Waals surface area contributed by atoms with Gasteiger partial charge in [-0.2, -0.15) is 0 Å². The number of ether oxygens (including phenoxy) is 1. The maximum Gasteiger partial charge on any atom is 0.257 e. The van der Waals surface area contributed by atoms with Gasteiger partial charge in [0.1, 0.15) is 5.75 Å². The van der Waals surface area contributed by atoms with Gasteiger partial charge in [0.15, 0.2) is 5.15 Å². The van der Waals surface area contributed by atoms with Crippen molar-refractivity contribution in [2.45, 2.75) is 13.8 Å². The molecule has 82 valence electrons. The quantitative estimate of drug-likeness (QED) is 0.797. The van der Waals surface area contributed by atoms with Crippen molar-refractivity contribution in [2.24, 2.45) is 0 Å². The molecule has 0 N–H and O–H groups in total. The molecular weight excluding hydrogens is 224 g/mol. The van der Waals surface area contributed by atoms with Crippen LogP contribution in [0.15, 0.2) is 30.6 Å². The first kappa shape index (κ1) is 10.9. The van der Waals surface area contributed by atoms with Crippen molar-refractivity contribution < 1.29 is 4.74 Å². The zero-order valence-corrected chi connectivity index (χ0v) is 9.82. The number of hydrogen-bond acceptors (Lipinski definition) is 3. The lowest BCUT2D eigenvalue weighted by Crippen LogP contribution is -1.92. The average Bonchev–Trinajstić information content (AvgIpc) is 2.25. The lowest BCUT2D eigenvalue weighted by atomic mass is 10.1.